The molecule has 1 aliphatic rings. The number of amides is 1. The van der Waals surface area contributed by atoms with E-state index in [4.69, 9.17) is 0 Å². The molecule has 1 atom stereocenters. The Balaban J connectivity index is 1.68. The molecule has 1 N–H and O–H groups in total. The van der Waals surface area contributed by atoms with Crippen LogP contribution in [0.15, 0.2) is 42.7 Å². The van der Waals surface area contributed by atoms with Gasteiger partial charge in [0.05, 0.1) is 23.5 Å². The molecular weight excluding hydrogens is 340 g/mol. The molecular formula is C21H22N4O2. The number of fused-ring (bicyclic) bond motifs is 3. The number of ketones is 1. The van der Waals surface area contributed by atoms with Gasteiger partial charge in [-0.1, -0.05) is 44.2 Å². The number of carbonyl (C=O) groups excluding carboxylic acids is 2. The number of aromatic nitrogens is 3. The Hall–Kier alpha value is -3.02. The number of hydrogen-bond acceptors (Lipinski definition) is 4. The zero-order chi connectivity index (χ0) is 19.2. The molecule has 6 nitrogen and oxygen atoms in total. The van der Waals surface area contributed by atoms with E-state index in [9.17, 15) is 9.59 Å². The second-order valence-electron chi connectivity index (χ2n) is 7.96. The van der Waals surface area contributed by atoms with Crippen molar-refractivity contribution in [1.82, 2.24) is 19.9 Å². The molecule has 1 aliphatic carbocycles. The van der Waals surface area contributed by atoms with Crippen LogP contribution in [0.2, 0.25) is 0 Å². The van der Waals surface area contributed by atoms with Crippen LogP contribution in [0.3, 0.4) is 0 Å². The molecule has 0 saturated heterocycles. The summed E-state index contributed by atoms with van der Waals surface area (Å²) < 4.78 is 1.65. The lowest BCUT2D eigenvalue weighted by atomic mass is 9.76. The Bertz CT molecular complexity index is 1040. The Kier molecular flexibility index (Phi) is 4.06. The standard InChI is InChI=1S/C21H22N4O2/c1-13(14-7-5-4-6-8-14)24-20(27)16-12-23-25-17-9-21(2,3)10-18(26)15(17)11-22-19(16)25/h4-8,11-13H,9-10H2,1-3H3,(H,24,27)/t13-/m1/s1. The van der Waals surface area contributed by atoms with Gasteiger partial charge < -0.3 is 5.32 Å². The van der Waals surface area contributed by atoms with Gasteiger partial charge in [-0.3, -0.25) is 9.59 Å². The minimum absolute atomic E-state index is 0.0786. The molecule has 0 unspecified atom stereocenters. The number of Topliss-reactive ketones (excluding diaryl/α,β-unsaturated/α-hetero) is 1. The highest BCUT2D eigenvalue weighted by molar-refractivity contribution is 6.01. The number of hydrogen-bond donors (Lipinski definition) is 1. The van der Waals surface area contributed by atoms with Gasteiger partial charge in [0.2, 0.25) is 0 Å². The van der Waals surface area contributed by atoms with Gasteiger partial charge in [0, 0.05) is 12.6 Å². The number of benzene rings is 1. The van der Waals surface area contributed by atoms with Crippen LogP contribution in [0.25, 0.3) is 5.65 Å². The van der Waals surface area contributed by atoms with E-state index in [2.05, 4.69) is 29.2 Å². The topological polar surface area (TPSA) is 76.4 Å². The summed E-state index contributed by atoms with van der Waals surface area (Å²) >= 11 is 0. The van der Waals surface area contributed by atoms with Crippen molar-refractivity contribution in [2.45, 2.75) is 39.7 Å². The Morgan fingerprint density at radius 2 is 1.93 bits per heavy atom. The molecule has 3 aromatic rings. The van der Waals surface area contributed by atoms with Crippen molar-refractivity contribution in [2.24, 2.45) is 5.41 Å². The van der Waals surface area contributed by atoms with Crippen LogP contribution >= 0.6 is 0 Å². The highest BCUT2D eigenvalue weighted by Gasteiger charge is 2.33. The second kappa shape index (κ2) is 6.30. The fourth-order valence-corrected chi connectivity index (χ4v) is 3.69. The molecule has 0 fully saturated rings. The zero-order valence-corrected chi connectivity index (χ0v) is 15.7. The second-order valence-corrected chi connectivity index (χ2v) is 7.96. The first kappa shape index (κ1) is 17.4. The maximum Gasteiger partial charge on any atom is 0.257 e. The van der Waals surface area contributed by atoms with E-state index in [0.717, 1.165) is 17.7 Å². The molecule has 1 amide bonds. The summed E-state index contributed by atoms with van der Waals surface area (Å²) in [6.45, 7) is 6.08. The minimum Gasteiger partial charge on any atom is -0.345 e. The van der Waals surface area contributed by atoms with Gasteiger partial charge in [0.1, 0.15) is 5.56 Å². The van der Waals surface area contributed by atoms with E-state index in [1.807, 2.05) is 37.3 Å². The van der Waals surface area contributed by atoms with Crippen molar-refractivity contribution in [3.05, 3.63) is 65.1 Å². The molecule has 138 valence electrons. The van der Waals surface area contributed by atoms with Crippen molar-refractivity contribution in [3.8, 4) is 0 Å². The van der Waals surface area contributed by atoms with E-state index in [-0.39, 0.29) is 23.1 Å². The Morgan fingerprint density at radius 1 is 1.19 bits per heavy atom. The maximum atomic E-state index is 12.8. The summed E-state index contributed by atoms with van der Waals surface area (Å²) in [6, 6.07) is 9.65. The van der Waals surface area contributed by atoms with Crippen LogP contribution in [0, 0.1) is 5.41 Å². The Labute approximate surface area is 157 Å². The van der Waals surface area contributed by atoms with E-state index in [0.29, 0.717) is 23.2 Å². The molecule has 27 heavy (non-hydrogen) atoms. The summed E-state index contributed by atoms with van der Waals surface area (Å²) in [4.78, 5) is 29.6. The summed E-state index contributed by atoms with van der Waals surface area (Å²) in [6.07, 6.45) is 4.33. The smallest absolute Gasteiger partial charge is 0.257 e. The van der Waals surface area contributed by atoms with Gasteiger partial charge in [-0.25, -0.2) is 9.50 Å². The number of nitrogens with one attached hydrogen (secondary N) is 1. The van der Waals surface area contributed by atoms with Crippen LogP contribution in [-0.2, 0) is 6.42 Å². The van der Waals surface area contributed by atoms with Crippen molar-refractivity contribution < 1.29 is 9.59 Å². The van der Waals surface area contributed by atoms with Gasteiger partial charge >= 0.3 is 0 Å². The SMILES string of the molecule is C[C@@H](NC(=O)c1cnn2c3c(cnc12)C(=O)CC(C)(C)C3)c1ccccc1. The largest absolute Gasteiger partial charge is 0.345 e. The van der Waals surface area contributed by atoms with Gasteiger partial charge in [-0.2, -0.15) is 5.10 Å². The lowest BCUT2D eigenvalue weighted by Gasteiger charge is -2.29. The summed E-state index contributed by atoms with van der Waals surface area (Å²) in [5, 5.41) is 7.37. The third kappa shape index (κ3) is 3.12. The van der Waals surface area contributed by atoms with Crippen LogP contribution in [0.1, 0.15) is 65.2 Å². The first-order valence-corrected chi connectivity index (χ1v) is 9.10. The minimum atomic E-state index is -0.227. The average molecular weight is 362 g/mol. The van der Waals surface area contributed by atoms with E-state index >= 15 is 0 Å². The van der Waals surface area contributed by atoms with Crippen LogP contribution in [-0.4, -0.2) is 26.3 Å². The molecule has 0 aliphatic heterocycles. The van der Waals surface area contributed by atoms with Crippen LogP contribution < -0.4 is 5.32 Å². The number of nitrogens with zero attached hydrogens (tertiary/aromatic N) is 3. The number of carbonyl (C=O) groups is 2. The van der Waals surface area contributed by atoms with Crippen LogP contribution in [0.4, 0.5) is 0 Å². The van der Waals surface area contributed by atoms with Gasteiger partial charge in [-0.15, -0.1) is 0 Å². The van der Waals surface area contributed by atoms with Crippen molar-refractivity contribution in [1.29, 1.82) is 0 Å². The first-order valence-electron chi connectivity index (χ1n) is 9.10. The van der Waals surface area contributed by atoms with Crippen molar-refractivity contribution >= 4 is 17.3 Å². The average Bonchev–Trinajstić information content (AvgIpc) is 3.06. The van der Waals surface area contributed by atoms with Gasteiger partial charge in [0.15, 0.2) is 11.4 Å². The molecule has 2 heterocycles. The van der Waals surface area contributed by atoms with E-state index < -0.39 is 0 Å². The van der Waals surface area contributed by atoms with Crippen molar-refractivity contribution in [3.63, 3.8) is 0 Å². The van der Waals surface area contributed by atoms with E-state index in [1.165, 1.54) is 6.20 Å². The van der Waals surface area contributed by atoms with Crippen molar-refractivity contribution in [2.75, 3.05) is 0 Å². The van der Waals surface area contributed by atoms with E-state index in [1.54, 1.807) is 10.7 Å². The zero-order valence-electron chi connectivity index (χ0n) is 15.7. The van der Waals surface area contributed by atoms with Crippen LogP contribution in [0.5, 0.6) is 0 Å². The molecule has 2 aromatic heterocycles. The maximum absolute atomic E-state index is 12.8. The molecule has 4 rings (SSSR count). The molecule has 0 saturated carbocycles. The quantitative estimate of drug-likeness (QED) is 0.775. The molecule has 0 spiro atoms. The molecule has 0 radical (unpaired) electrons. The summed E-state index contributed by atoms with van der Waals surface area (Å²) in [5.74, 6) is -0.148. The fourth-order valence-electron chi connectivity index (χ4n) is 3.69. The summed E-state index contributed by atoms with van der Waals surface area (Å²) in [7, 11) is 0. The first-order chi connectivity index (χ1) is 12.9. The predicted molar refractivity (Wildman–Crippen MR) is 102 cm³/mol. The third-order valence-electron chi connectivity index (χ3n) is 5.10. The normalized spacial score (nSPS) is 16.8. The monoisotopic (exact) mass is 362 g/mol. The predicted octanol–water partition coefficient (Wildman–Crippen LogP) is 3.38. The molecule has 1 aromatic carbocycles. The molecule has 6 heteroatoms. The van der Waals surface area contributed by atoms with Gasteiger partial charge in [0.25, 0.3) is 5.91 Å². The summed E-state index contributed by atoms with van der Waals surface area (Å²) in [5.41, 5.74) is 3.23. The van der Waals surface area contributed by atoms with Gasteiger partial charge in [-0.05, 0) is 24.3 Å². The Morgan fingerprint density at radius 3 is 2.67 bits per heavy atom. The third-order valence-corrected chi connectivity index (χ3v) is 5.10. The fraction of sp³-hybridized carbons (Fsp3) is 0.333. The lowest BCUT2D eigenvalue weighted by Crippen LogP contribution is -2.30. The molecule has 0 bridgehead atoms. The highest BCUT2D eigenvalue weighted by atomic mass is 16.1. The lowest BCUT2D eigenvalue weighted by molar-refractivity contribution is 0.0907. The highest BCUT2D eigenvalue weighted by Crippen LogP contribution is 2.34. The number of rotatable bonds is 3.